The lowest BCUT2D eigenvalue weighted by molar-refractivity contribution is -0.147. The molecule has 2 aromatic rings. The molecule has 5 heteroatoms. The summed E-state index contributed by atoms with van der Waals surface area (Å²) in [5.41, 5.74) is 7.87. The van der Waals surface area contributed by atoms with Crippen molar-refractivity contribution >= 4 is 22.7 Å². The molecule has 0 spiro atoms. The van der Waals surface area contributed by atoms with Crippen molar-refractivity contribution in [3.05, 3.63) is 41.7 Å². The van der Waals surface area contributed by atoms with Gasteiger partial charge in [-0.1, -0.05) is 37.6 Å². The summed E-state index contributed by atoms with van der Waals surface area (Å²) in [4.78, 5) is 21.0. The smallest absolute Gasteiger partial charge is 0.310 e. The number of ether oxygens (including phenoxy) is 1. The number of carbonyl (C=O) groups is 1. The Bertz CT molecular complexity index is 822. The van der Waals surface area contributed by atoms with E-state index in [4.69, 9.17) is 10.5 Å². The van der Waals surface area contributed by atoms with Crippen LogP contribution in [0.4, 0.5) is 5.82 Å². The van der Waals surface area contributed by atoms with Crippen molar-refractivity contribution in [1.82, 2.24) is 9.97 Å². The van der Waals surface area contributed by atoms with Crippen LogP contribution in [-0.2, 0) is 16.1 Å². The summed E-state index contributed by atoms with van der Waals surface area (Å²) in [5.74, 6) is 0.762. The van der Waals surface area contributed by atoms with E-state index in [-0.39, 0.29) is 29.8 Å². The molecule has 126 valence electrons. The van der Waals surface area contributed by atoms with Gasteiger partial charge in [-0.25, -0.2) is 9.97 Å². The summed E-state index contributed by atoms with van der Waals surface area (Å²) in [5, 5.41) is 0.805. The van der Waals surface area contributed by atoms with Crippen LogP contribution in [0.1, 0.15) is 33.5 Å². The Hall–Kier alpha value is -2.43. The van der Waals surface area contributed by atoms with E-state index in [1.165, 1.54) is 5.57 Å². The number of esters is 1. The van der Waals surface area contributed by atoms with Gasteiger partial charge in [0.25, 0.3) is 0 Å². The van der Waals surface area contributed by atoms with Crippen LogP contribution in [0.25, 0.3) is 10.9 Å². The maximum absolute atomic E-state index is 12.4. The van der Waals surface area contributed by atoms with Crippen molar-refractivity contribution in [3.63, 3.8) is 0 Å². The Morgan fingerprint density at radius 1 is 1.29 bits per heavy atom. The van der Waals surface area contributed by atoms with Crippen molar-refractivity contribution in [2.75, 3.05) is 5.73 Å². The molecule has 1 heterocycles. The topological polar surface area (TPSA) is 78.1 Å². The average Bonchev–Trinajstić information content (AvgIpc) is 3.05. The summed E-state index contributed by atoms with van der Waals surface area (Å²) in [6.07, 6.45) is 2.15. The number of nitrogens with two attached hydrogens (primary N) is 1. The molecule has 24 heavy (non-hydrogen) atoms. The van der Waals surface area contributed by atoms with E-state index in [0.29, 0.717) is 11.6 Å². The summed E-state index contributed by atoms with van der Waals surface area (Å²) in [6.45, 7) is 8.31. The molecule has 1 aromatic heterocycles. The van der Waals surface area contributed by atoms with E-state index in [1.54, 1.807) is 0 Å². The number of nitrogen functional groups attached to an aromatic ring is 1. The van der Waals surface area contributed by atoms with Crippen molar-refractivity contribution in [2.24, 2.45) is 17.3 Å². The van der Waals surface area contributed by atoms with Crippen LogP contribution in [-0.4, -0.2) is 15.9 Å². The van der Waals surface area contributed by atoms with Crippen LogP contribution >= 0.6 is 0 Å². The molecular weight excluding hydrogens is 302 g/mol. The maximum Gasteiger partial charge on any atom is 0.310 e. The molecule has 0 unspecified atom stereocenters. The Kier molecular flexibility index (Phi) is 4.03. The van der Waals surface area contributed by atoms with Gasteiger partial charge in [0.1, 0.15) is 5.82 Å². The molecule has 5 nitrogen and oxygen atoms in total. The van der Waals surface area contributed by atoms with E-state index in [0.717, 1.165) is 10.9 Å². The van der Waals surface area contributed by atoms with Gasteiger partial charge in [0, 0.05) is 5.39 Å². The third kappa shape index (κ3) is 2.98. The predicted octanol–water partition coefficient (Wildman–Crippen LogP) is 3.49. The largest absolute Gasteiger partial charge is 0.457 e. The monoisotopic (exact) mass is 325 g/mol. The molecule has 1 saturated carbocycles. The van der Waals surface area contributed by atoms with Crippen molar-refractivity contribution < 1.29 is 9.53 Å². The lowest BCUT2D eigenvalue weighted by Gasteiger charge is -2.07. The SMILES string of the molecule is CC(C)=C[C@H]1[C@H](C(=O)OCc2nc(N)c3ccccc3n2)C1(C)C. The highest BCUT2D eigenvalue weighted by molar-refractivity contribution is 5.87. The molecule has 1 aliphatic carbocycles. The number of hydrogen-bond donors (Lipinski definition) is 1. The van der Waals surface area contributed by atoms with Crippen molar-refractivity contribution in [2.45, 2.75) is 34.3 Å². The molecule has 0 amide bonds. The lowest BCUT2D eigenvalue weighted by Crippen LogP contribution is -2.12. The number of benzene rings is 1. The minimum atomic E-state index is -0.196. The molecule has 1 fully saturated rings. The minimum absolute atomic E-state index is 0.0436. The van der Waals surface area contributed by atoms with Crippen LogP contribution in [0.15, 0.2) is 35.9 Å². The van der Waals surface area contributed by atoms with E-state index >= 15 is 0 Å². The van der Waals surface area contributed by atoms with Crippen LogP contribution in [0, 0.1) is 17.3 Å². The number of carbonyl (C=O) groups excluding carboxylic acids is 1. The van der Waals surface area contributed by atoms with E-state index in [1.807, 2.05) is 38.1 Å². The number of anilines is 1. The fourth-order valence-corrected chi connectivity index (χ4v) is 3.24. The van der Waals surface area contributed by atoms with Crippen LogP contribution < -0.4 is 5.73 Å². The number of para-hydroxylation sites is 1. The number of rotatable bonds is 4. The summed E-state index contributed by atoms with van der Waals surface area (Å²) in [7, 11) is 0. The zero-order valence-electron chi connectivity index (χ0n) is 14.5. The Morgan fingerprint density at radius 3 is 2.71 bits per heavy atom. The Balaban J connectivity index is 1.70. The van der Waals surface area contributed by atoms with Crippen LogP contribution in [0.2, 0.25) is 0 Å². The van der Waals surface area contributed by atoms with Gasteiger partial charge in [0.2, 0.25) is 0 Å². The van der Waals surface area contributed by atoms with E-state index < -0.39 is 0 Å². The second-order valence-corrected chi connectivity index (χ2v) is 7.22. The lowest BCUT2D eigenvalue weighted by atomic mass is 10.1. The molecule has 1 aromatic carbocycles. The molecular formula is C19H23N3O2. The number of nitrogens with zero attached hydrogens (tertiary/aromatic N) is 2. The number of hydrogen-bond acceptors (Lipinski definition) is 5. The van der Waals surface area contributed by atoms with Crippen molar-refractivity contribution in [1.29, 1.82) is 0 Å². The first-order valence-corrected chi connectivity index (χ1v) is 8.13. The second-order valence-electron chi connectivity index (χ2n) is 7.22. The van der Waals surface area contributed by atoms with E-state index in [9.17, 15) is 4.79 Å². The zero-order chi connectivity index (χ0) is 17.5. The summed E-state index contributed by atoms with van der Waals surface area (Å²) in [6, 6.07) is 7.52. The van der Waals surface area contributed by atoms with Crippen LogP contribution in [0.5, 0.6) is 0 Å². The summed E-state index contributed by atoms with van der Waals surface area (Å²) >= 11 is 0. The zero-order valence-corrected chi connectivity index (χ0v) is 14.5. The van der Waals surface area contributed by atoms with E-state index in [2.05, 4.69) is 29.9 Å². The van der Waals surface area contributed by atoms with Gasteiger partial charge in [0.15, 0.2) is 12.4 Å². The standard InChI is InChI=1S/C19H23N3O2/c1-11(2)9-13-16(19(13,3)4)18(23)24-10-15-21-14-8-6-5-7-12(14)17(20)22-15/h5-9,13,16H,10H2,1-4H3,(H2,20,21,22)/t13-,16+/m0/s1. The first-order chi connectivity index (χ1) is 11.3. The maximum atomic E-state index is 12.4. The Labute approximate surface area is 141 Å². The average molecular weight is 325 g/mol. The van der Waals surface area contributed by atoms with Gasteiger partial charge >= 0.3 is 5.97 Å². The number of allylic oxidation sites excluding steroid dienone is 2. The van der Waals surface area contributed by atoms with Crippen molar-refractivity contribution in [3.8, 4) is 0 Å². The molecule has 0 bridgehead atoms. The molecule has 3 rings (SSSR count). The predicted molar refractivity (Wildman–Crippen MR) is 93.9 cm³/mol. The van der Waals surface area contributed by atoms with Gasteiger partial charge in [-0.05, 0) is 37.3 Å². The van der Waals surface area contributed by atoms with Gasteiger partial charge in [0.05, 0.1) is 11.4 Å². The molecule has 0 radical (unpaired) electrons. The highest BCUT2D eigenvalue weighted by atomic mass is 16.5. The van der Waals surface area contributed by atoms with Gasteiger partial charge in [-0.15, -0.1) is 0 Å². The fourth-order valence-electron chi connectivity index (χ4n) is 3.24. The first-order valence-electron chi connectivity index (χ1n) is 8.13. The minimum Gasteiger partial charge on any atom is -0.457 e. The molecule has 0 saturated heterocycles. The summed E-state index contributed by atoms with van der Waals surface area (Å²) < 4.78 is 5.45. The second kappa shape index (κ2) is 5.89. The third-order valence-electron chi connectivity index (χ3n) is 4.70. The third-order valence-corrected chi connectivity index (χ3v) is 4.70. The fraction of sp³-hybridized carbons (Fsp3) is 0.421. The normalized spacial score (nSPS) is 21.3. The first kappa shape index (κ1) is 16.4. The van der Waals surface area contributed by atoms with Gasteiger partial charge in [-0.3, -0.25) is 4.79 Å². The molecule has 0 aliphatic heterocycles. The quantitative estimate of drug-likeness (QED) is 0.687. The van der Waals surface area contributed by atoms with Gasteiger partial charge < -0.3 is 10.5 Å². The molecule has 2 atom stereocenters. The van der Waals surface area contributed by atoms with Crippen LogP contribution in [0.3, 0.4) is 0 Å². The number of fused-ring (bicyclic) bond motifs is 1. The molecule has 2 N–H and O–H groups in total. The van der Waals surface area contributed by atoms with Gasteiger partial charge in [-0.2, -0.15) is 0 Å². The molecule has 1 aliphatic rings. The highest BCUT2D eigenvalue weighted by Gasteiger charge is 2.61. The number of aromatic nitrogens is 2. The highest BCUT2D eigenvalue weighted by Crippen LogP contribution is 2.59. The Morgan fingerprint density at radius 2 is 2.00 bits per heavy atom.